The lowest BCUT2D eigenvalue weighted by Crippen LogP contribution is -2.37. The molecule has 6 nitrogen and oxygen atoms in total. The second kappa shape index (κ2) is 5.43. The van der Waals surface area contributed by atoms with Crippen molar-refractivity contribution in [2.45, 2.75) is 6.42 Å². The van der Waals surface area contributed by atoms with Gasteiger partial charge >= 0.3 is 12.2 Å². The summed E-state index contributed by atoms with van der Waals surface area (Å²) in [5, 5.41) is 0. The van der Waals surface area contributed by atoms with E-state index in [-0.39, 0.29) is 12.2 Å². The van der Waals surface area contributed by atoms with Crippen molar-refractivity contribution >= 4 is 12.2 Å². The molecule has 6 heteroatoms. The largest absolute Gasteiger partial charge is 0.453 e. The second-order valence-corrected chi connectivity index (χ2v) is 3.27. The Labute approximate surface area is 88.7 Å². The molecule has 0 saturated carbocycles. The molecule has 0 aromatic rings. The maximum atomic E-state index is 11.2. The van der Waals surface area contributed by atoms with Crippen LogP contribution in [0.5, 0.6) is 0 Å². The van der Waals surface area contributed by atoms with E-state index in [0.29, 0.717) is 26.2 Å². The molecule has 1 fully saturated rings. The minimum Gasteiger partial charge on any atom is -0.453 e. The van der Waals surface area contributed by atoms with Gasteiger partial charge in [0.15, 0.2) is 0 Å². The van der Waals surface area contributed by atoms with Gasteiger partial charge in [0.05, 0.1) is 14.2 Å². The molecule has 0 radical (unpaired) electrons. The number of hydrogen-bond donors (Lipinski definition) is 0. The molecule has 1 heterocycles. The highest BCUT2D eigenvalue weighted by Gasteiger charge is 2.22. The van der Waals surface area contributed by atoms with E-state index in [0.717, 1.165) is 6.42 Å². The predicted molar refractivity (Wildman–Crippen MR) is 52.6 cm³/mol. The first-order valence-corrected chi connectivity index (χ1v) is 4.85. The van der Waals surface area contributed by atoms with Crippen LogP contribution in [0.15, 0.2) is 0 Å². The summed E-state index contributed by atoms with van der Waals surface area (Å²) in [4.78, 5) is 25.6. The third-order valence-electron chi connectivity index (χ3n) is 2.36. The number of carbonyl (C=O) groups excluding carboxylic acids is 2. The van der Waals surface area contributed by atoms with Crippen LogP contribution in [0.1, 0.15) is 6.42 Å². The number of rotatable bonds is 0. The smallest absolute Gasteiger partial charge is 0.409 e. The molecule has 0 unspecified atom stereocenters. The lowest BCUT2D eigenvalue weighted by atomic mass is 10.4. The maximum Gasteiger partial charge on any atom is 0.409 e. The van der Waals surface area contributed by atoms with Crippen LogP contribution in [0.25, 0.3) is 0 Å². The zero-order chi connectivity index (χ0) is 11.3. The normalized spacial score (nSPS) is 16.9. The van der Waals surface area contributed by atoms with Crippen LogP contribution in [0.4, 0.5) is 9.59 Å². The first kappa shape index (κ1) is 11.6. The van der Waals surface area contributed by atoms with Gasteiger partial charge < -0.3 is 19.3 Å². The van der Waals surface area contributed by atoms with Crippen LogP contribution in [0.3, 0.4) is 0 Å². The van der Waals surface area contributed by atoms with Crippen molar-refractivity contribution in [1.82, 2.24) is 9.80 Å². The van der Waals surface area contributed by atoms with E-state index in [1.54, 1.807) is 9.80 Å². The van der Waals surface area contributed by atoms with Crippen molar-refractivity contribution in [3.63, 3.8) is 0 Å². The van der Waals surface area contributed by atoms with E-state index in [1.165, 1.54) is 14.2 Å². The molecule has 1 aliphatic heterocycles. The Morgan fingerprint density at radius 3 is 1.60 bits per heavy atom. The first-order chi connectivity index (χ1) is 7.19. The van der Waals surface area contributed by atoms with E-state index in [9.17, 15) is 9.59 Å². The van der Waals surface area contributed by atoms with Gasteiger partial charge in [-0.1, -0.05) is 0 Å². The summed E-state index contributed by atoms with van der Waals surface area (Å²) in [5.74, 6) is 0. The van der Waals surface area contributed by atoms with E-state index < -0.39 is 0 Å². The van der Waals surface area contributed by atoms with E-state index in [1.807, 2.05) is 0 Å². The SMILES string of the molecule is COC(=O)N1CCCN(C(=O)OC)CC1. The Bertz CT molecular complexity index is 220. The van der Waals surface area contributed by atoms with Gasteiger partial charge in [0, 0.05) is 26.2 Å². The summed E-state index contributed by atoms with van der Waals surface area (Å²) in [5.41, 5.74) is 0. The highest BCUT2D eigenvalue weighted by molar-refractivity contribution is 5.69. The fourth-order valence-corrected chi connectivity index (χ4v) is 1.54. The summed E-state index contributed by atoms with van der Waals surface area (Å²) in [6, 6.07) is 0. The summed E-state index contributed by atoms with van der Waals surface area (Å²) in [6.07, 6.45) is 0.0490. The van der Waals surface area contributed by atoms with Crippen LogP contribution in [0, 0.1) is 0 Å². The first-order valence-electron chi connectivity index (χ1n) is 4.85. The zero-order valence-corrected chi connectivity index (χ0v) is 9.06. The molecule has 1 rings (SSSR count). The Morgan fingerprint density at radius 1 is 0.867 bits per heavy atom. The third kappa shape index (κ3) is 3.00. The van der Waals surface area contributed by atoms with Gasteiger partial charge in [0.2, 0.25) is 0 Å². The molecule has 0 atom stereocenters. The molecule has 15 heavy (non-hydrogen) atoms. The van der Waals surface area contributed by atoms with Crippen LogP contribution < -0.4 is 0 Å². The van der Waals surface area contributed by atoms with Crippen molar-refractivity contribution in [2.75, 3.05) is 40.4 Å². The molecular formula is C9H16N2O4. The number of methoxy groups -OCH3 is 2. The molecule has 2 amide bonds. The molecular weight excluding hydrogens is 200 g/mol. The van der Waals surface area contributed by atoms with E-state index in [2.05, 4.69) is 9.47 Å². The van der Waals surface area contributed by atoms with Crippen molar-refractivity contribution in [3.05, 3.63) is 0 Å². The number of carbonyl (C=O) groups is 2. The van der Waals surface area contributed by atoms with Gasteiger partial charge in [0.1, 0.15) is 0 Å². The minimum absolute atomic E-state index is 0.346. The number of nitrogens with zero attached hydrogens (tertiary/aromatic N) is 2. The Kier molecular flexibility index (Phi) is 4.20. The molecule has 1 saturated heterocycles. The van der Waals surface area contributed by atoms with Gasteiger partial charge in [-0.2, -0.15) is 0 Å². The third-order valence-corrected chi connectivity index (χ3v) is 2.36. The highest BCUT2D eigenvalue weighted by Crippen LogP contribution is 2.05. The van der Waals surface area contributed by atoms with Gasteiger partial charge in [-0.15, -0.1) is 0 Å². The Hall–Kier alpha value is -1.46. The number of hydrogen-bond acceptors (Lipinski definition) is 4. The lowest BCUT2D eigenvalue weighted by Gasteiger charge is -2.19. The summed E-state index contributed by atoms with van der Waals surface area (Å²) >= 11 is 0. The van der Waals surface area contributed by atoms with Crippen LogP contribution >= 0.6 is 0 Å². The molecule has 0 N–H and O–H groups in total. The van der Waals surface area contributed by atoms with Crippen molar-refractivity contribution in [2.24, 2.45) is 0 Å². The fourth-order valence-electron chi connectivity index (χ4n) is 1.54. The average molecular weight is 216 g/mol. The van der Waals surface area contributed by atoms with Gasteiger partial charge in [-0.25, -0.2) is 9.59 Å². The Balaban J connectivity index is 2.48. The molecule has 0 aliphatic carbocycles. The van der Waals surface area contributed by atoms with Crippen LogP contribution in [-0.4, -0.2) is 62.4 Å². The zero-order valence-electron chi connectivity index (χ0n) is 9.06. The topological polar surface area (TPSA) is 59.1 Å². The molecule has 0 spiro atoms. The summed E-state index contributed by atoms with van der Waals surface area (Å²) < 4.78 is 9.24. The van der Waals surface area contributed by atoms with Crippen LogP contribution in [0.2, 0.25) is 0 Å². The van der Waals surface area contributed by atoms with Gasteiger partial charge in [0.25, 0.3) is 0 Å². The van der Waals surface area contributed by atoms with Crippen molar-refractivity contribution in [3.8, 4) is 0 Å². The van der Waals surface area contributed by atoms with Crippen molar-refractivity contribution < 1.29 is 19.1 Å². The highest BCUT2D eigenvalue weighted by atomic mass is 16.5. The maximum absolute atomic E-state index is 11.2. The quantitative estimate of drug-likeness (QED) is 0.592. The standard InChI is InChI=1S/C9H16N2O4/c1-14-8(12)10-4-3-5-11(7-6-10)9(13)15-2/h3-7H2,1-2H3. The van der Waals surface area contributed by atoms with E-state index >= 15 is 0 Å². The minimum atomic E-state index is -0.346. The molecule has 1 aliphatic rings. The number of ether oxygens (including phenoxy) is 2. The fraction of sp³-hybridized carbons (Fsp3) is 0.778. The molecule has 0 aromatic carbocycles. The second-order valence-electron chi connectivity index (χ2n) is 3.27. The van der Waals surface area contributed by atoms with Gasteiger partial charge in [-0.3, -0.25) is 0 Å². The van der Waals surface area contributed by atoms with E-state index in [4.69, 9.17) is 0 Å². The average Bonchev–Trinajstić information content (AvgIpc) is 2.52. The Morgan fingerprint density at radius 2 is 1.27 bits per heavy atom. The molecule has 0 bridgehead atoms. The van der Waals surface area contributed by atoms with Crippen LogP contribution in [-0.2, 0) is 9.47 Å². The van der Waals surface area contributed by atoms with Crippen molar-refractivity contribution in [1.29, 1.82) is 0 Å². The molecule has 0 aromatic heterocycles. The van der Waals surface area contributed by atoms with Gasteiger partial charge in [-0.05, 0) is 6.42 Å². The predicted octanol–water partition coefficient (Wildman–Crippen LogP) is 0.527. The monoisotopic (exact) mass is 216 g/mol. The lowest BCUT2D eigenvalue weighted by molar-refractivity contribution is 0.116. The molecule has 86 valence electrons. The summed E-state index contributed by atoms with van der Waals surface area (Å²) in [6.45, 7) is 2.20. The number of amides is 2. The summed E-state index contributed by atoms with van der Waals surface area (Å²) in [7, 11) is 2.70.